The van der Waals surface area contributed by atoms with E-state index in [0.29, 0.717) is 23.6 Å². The molecule has 0 bridgehead atoms. The van der Waals surface area contributed by atoms with Crippen LogP contribution in [0.3, 0.4) is 0 Å². The first-order chi connectivity index (χ1) is 9.39. The van der Waals surface area contributed by atoms with Crippen LogP contribution in [0, 0.1) is 12.7 Å². The maximum atomic E-state index is 14.0. The monoisotopic (exact) mass is 295 g/mol. The maximum absolute atomic E-state index is 14.0. The van der Waals surface area contributed by atoms with Gasteiger partial charge in [0.05, 0.1) is 5.69 Å². The summed E-state index contributed by atoms with van der Waals surface area (Å²) in [6, 6.07) is 6.63. The van der Waals surface area contributed by atoms with Crippen molar-refractivity contribution in [2.45, 2.75) is 32.2 Å². The molecule has 3 nitrogen and oxygen atoms in total. The van der Waals surface area contributed by atoms with Crippen LogP contribution in [0.25, 0.3) is 0 Å². The Hall–Kier alpha value is -1.39. The third kappa shape index (κ3) is 2.58. The number of nitrogens with zero attached hydrogens (tertiary/aromatic N) is 2. The van der Waals surface area contributed by atoms with Crippen molar-refractivity contribution in [2.75, 3.05) is 0 Å². The second-order valence-electron chi connectivity index (χ2n) is 5.14. The van der Waals surface area contributed by atoms with Gasteiger partial charge in [-0.3, -0.25) is 4.68 Å². The summed E-state index contributed by atoms with van der Waals surface area (Å²) in [5.41, 5.74) is 7.90. The summed E-state index contributed by atoms with van der Waals surface area (Å²) in [7, 11) is 1.78. The molecule has 2 aromatic rings. The van der Waals surface area contributed by atoms with Gasteiger partial charge in [-0.2, -0.15) is 5.10 Å². The van der Waals surface area contributed by atoms with Crippen molar-refractivity contribution < 1.29 is 4.39 Å². The molecule has 1 unspecified atom stereocenters. The van der Waals surface area contributed by atoms with Crippen LogP contribution >= 0.6 is 11.6 Å². The number of hydrogen-bond acceptors (Lipinski definition) is 2. The van der Waals surface area contributed by atoms with Crippen LogP contribution in [0.4, 0.5) is 4.39 Å². The lowest BCUT2D eigenvalue weighted by Gasteiger charge is -2.29. The Kier molecular flexibility index (Phi) is 4.16. The minimum Gasteiger partial charge on any atom is -0.321 e. The molecule has 0 fully saturated rings. The maximum Gasteiger partial charge on any atom is 0.130 e. The molecule has 0 aliphatic rings. The van der Waals surface area contributed by atoms with Gasteiger partial charge in [-0.25, -0.2) is 4.39 Å². The van der Waals surface area contributed by atoms with Crippen LogP contribution in [-0.4, -0.2) is 9.78 Å². The SMILES string of the molecule is CCC(N)(Cc1c(C)nn(C)c1Cl)c1ccccc1F. The van der Waals surface area contributed by atoms with Crippen molar-refractivity contribution in [3.63, 3.8) is 0 Å². The van der Waals surface area contributed by atoms with Gasteiger partial charge in [0, 0.05) is 23.7 Å². The minimum atomic E-state index is -0.789. The van der Waals surface area contributed by atoms with Crippen LogP contribution in [0.2, 0.25) is 5.15 Å². The lowest BCUT2D eigenvalue weighted by molar-refractivity contribution is 0.402. The molecule has 0 aliphatic heterocycles. The predicted molar refractivity (Wildman–Crippen MR) is 79.2 cm³/mol. The Morgan fingerprint density at radius 3 is 2.55 bits per heavy atom. The molecule has 1 aromatic carbocycles. The van der Waals surface area contributed by atoms with E-state index in [1.807, 2.05) is 13.8 Å². The minimum absolute atomic E-state index is 0.283. The molecule has 1 heterocycles. The van der Waals surface area contributed by atoms with E-state index in [1.165, 1.54) is 6.07 Å². The molecule has 0 amide bonds. The molecular formula is C15H19ClFN3. The summed E-state index contributed by atoms with van der Waals surface area (Å²) in [4.78, 5) is 0. The number of nitrogens with two attached hydrogens (primary N) is 1. The fraction of sp³-hybridized carbons (Fsp3) is 0.400. The average Bonchev–Trinajstić information content (AvgIpc) is 2.65. The summed E-state index contributed by atoms with van der Waals surface area (Å²) in [6.45, 7) is 3.84. The topological polar surface area (TPSA) is 43.8 Å². The molecule has 0 radical (unpaired) electrons. The zero-order chi connectivity index (χ0) is 14.9. The summed E-state index contributed by atoms with van der Waals surface area (Å²) < 4.78 is 15.7. The Labute approximate surface area is 123 Å². The molecule has 20 heavy (non-hydrogen) atoms. The van der Waals surface area contributed by atoms with Crippen molar-refractivity contribution in [3.05, 3.63) is 52.1 Å². The Morgan fingerprint density at radius 2 is 2.05 bits per heavy atom. The second-order valence-corrected chi connectivity index (χ2v) is 5.50. The van der Waals surface area contributed by atoms with Crippen molar-refractivity contribution in [1.82, 2.24) is 9.78 Å². The van der Waals surface area contributed by atoms with Gasteiger partial charge in [0.1, 0.15) is 11.0 Å². The van der Waals surface area contributed by atoms with Gasteiger partial charge in [-0.05, 0) is 25.8 Å². The van der Waals surface area contributed by atoms with E-state index in [-0.39, 0.29) is 5.82 Å². The average molecular weight is 296 g/mol. The standard InChI is InChI=1S/C15H19ClFN3/c1-4-15(18,12-7-5-6-8-13(12)17)9-11-10(2)19-20(3)14(11)16/h5-8H,4,9,18H2,1-3H3. The highest BCUT2D eigenvalue weighted by Gasteiger charge is 2.31. The quantitative estimate of drug-likeness (QED) is 0.940. The van der Waals surface area contributed by atoms with E-state index < -0.39 is 5.54 Å². The molecule has 2 rings (SSSR count). The predicted octanol–water partition coefficient (Wildman–Crippen LogP) is 3.33. The summed E-state index contributed by atoms with van der Waals surface area (Å²) in [5.74, 6) is -0.283. The van der Waals surface area contributed by atoms with Gasteiger partial charge < -0.3 is 5.73 Å². The first kappa shape index (κ1) is 15.0. The molecule has 0 saturated carbocycles. The normalized spacial score (nSPS) is 14.3. The molecule has 2 N–H and O–H groups in total. The zero-order valence-electron chi connectivity index (χ0n) is 12.0. The van der Waals surface area contributed by atoms with E-state index in [0.717, 1.165) is 11.3 Å². The highest BCUT2D eigenvalue weighted by Crippen LogP contribution is 2.32. The van der Waals surface area contributed by atoms with E-state index in [4.69, 9.17) is 17.3 Å². The number of aromatic nitrogens is 2. The summed E-state index contributed by atoms with van der Waals surface area (Å²) in [5, 5.41) is 4.84. The van der Waals surface area contributed by atoms with Crippen LogP contribution in [-0.2, 0) is 19.0 Å². The van der Waals surface area contributed by atoms with Crippen LogP contribution in [0.1, 0.15) is 30.2 Å². The smallest absolute Gasteiger partial charge is 0.130 e. The van der Waals surface area contributed by atoms with Gasteiger partial charge in [0.25, 0.3) is 0 Å². The molecule has 0 aliphatic carbocycles. The fourth-order valence-electron chi connectivity index (χ4n) is 2.47. The molecule has 5 heteroatoms. The first-order valence-electron chi connectivity index (χ1n) is 6.61. The van der Waals surface area contributed by atoms with E-state index >= 15 is 0 Å². The van der Waals surface area contributed by atoms with Crippen molar-refractivity contribution in [3.8, 4) is 0 Å². The van der Waals surface area contributed by atoms with E-state index in [2.05, 4.69) is 5.10 Å². The molecule has 1 atom stereocenters. The third-order valence-electron chi connectivity index (χ3n) is 3.80. The highest BCUT2D eigenvalue weighted by atomic mass is 35.5. The summed E-state index contributed by atoms with van der Waals surface area (Å²) in [6.07, 6.45) is 1.07. The number of hydrogen-bond donors (Lipinski definition) is 1. The fourth-order valence-corrected chi connectivity index (χ4v) is 2.71. The number of benzene rings is 1. The van der Waals surface area contributed by atoms with Gasteiger partial charge >= 0.3 is 0 Å². The number of halogens is 2. The first-order valence-corrected chi connectivity index (χ1v) is 6.98. The highest BCUT2D eigenvalue weighted by molar-refractivity contribution is 6.30. The molecule has 108 valence electrons. The Morgan fingerprint density at radius 1 is 1.40 bits per heavy atom. The van der Waals surface area contributed by atoms with Crippen LogP contribution < -0.4 is 5.73 Å². The van der Waals surface area contributed by atoms with Crippen molar-refractivity contribution in [2.24, 2.45) is 12.8 Å². The van der Waals surface area contributed by atoms with Crippen LogP contribution in [0.5, 0.6) is 0 Å². The second kappa shape index (κ2) is 5.54. The van der Waals surface area contributed by atoms with E-state index in [9.17, 15) is 4.39 Å². The van der Waals surface area contributed by atoms with Gasteiger partial charge in [0.15, 0.2) is 0 Å². The van der Waals surface area contributed by atoms with Crippen LogP contribution in [0.15, 0.2) is 24.3 Å². The third-order valence-corrected chi connectivity index (χ3v) is 4.28. The Balaban J connectivity index is 2.45. The lowest BCUT2D eigenvalue weighted by atomic mass is 9.82. The largest absolute Gasteiger partial charge is 0.321 e. The van der Waals surface area contributed by atoms with Crippen molar-refractivity contribution >= 4 is 11.6 Å². The number of rotatable bonds is 4. The van der Waals surface area contributed by atoms with E-state index in [1.54, 1.807) is 29.9 Å². The zero-order valence-corrected chi connectivity index (χ0v) is 12.7. The van der Waals surface area contributed by atoms with Crippen molar-refractivity contribution in [1.29, 1.82) is 0 Å². The van der Waals surface area contributed by atoms with Gasteiger partial charge in [-0.15, -0.1) is 0 Å². The molecule has 0 spiro atoms. The van der Waals surface area contributed by atoms with Gasteiger partial charge in [-0.1, -0.05) is 36.7 Å². The summed E-state index contributed by atoms with van der Waals surface area (Å²) >= 11 is 6.26. The molecule has 0 saturated heterocycles. The molecule has 1 aromatic heterocycles. The lowest BCUT2D eigenvalue weighted by Crippen LogP contribution is -2.39. The Bertz CT molecular complexity index is 624. The molecular weight excluding hydrogens is 277 g/mol. The number of aryl methyl sites for hydroxylation is 2. The van der Waals surface area contributed by atoms with Gasteiger partial charge in [0.2, 0.25) is 0 Å².